The molecule has 0 aromatic heterocycles. The quantitative estimate of drug-likeness (QED) is 0.807. The van der Waals surface area contributed by atoms with Gasteiger partial charge < -0.3 is 5.11 Å². The third-order valence-corrected chi connectivity index (χ3v) is 8.59. The Balaban J connectivity index is 2.47. The van der Waals surface area contributed by atoms with E-state index in [4.69, 9.17) is 5.11 Å². The summed E-state index contributed by atoms with van der Waals surface area (Å²) < 4.78 is 49.8. The number of aryl methyl sites for hydroxylation is 1. The predicted molar refractivity (Wildman–Crippen MR) is 74.6 cm³/mol. The van der Waals surface area contributed by atoms with Crippen molar-refractivity contribution in [3.8, 4) is 0 Å². The van der Waals surface area contributed by atoms with Crippen LogP contribution in [0.15, 0.2) is 29.2 Å². The third-order valence-electron chi connectivity index (χ3n) is 3.36. The first kappa shape index (κ1) is 15.9. The van der Waals surface area contributed by atoms with E-state index in [0.717, 1.165) is 5.56 Å². The molecule has 0 saturated carbocycles. The van der Waals surface area contributed by atoms with E-state index in [-0.39, 0.29) is 17.9 Å². The van der Waals surface area contributed by atoms with Crippen LogP contribution in [0.4, 0.5) is 0 Å². The van der Waals surface area contributed by atoms with Crippen LogP contribution < -0.4 is 0 Å². The fourth-order valence-corrected chi connectivity index (χ4v) is 6.39. The molecule has 1 N–H and O–H groups in total. The van der Waals surface area contributed by atoms with Gasteiger partial charge in [-0.2, -0.15) is 12.7 Å². The fourth-order valence-electron chi connectivity index (χ4n) is 2.21. The Morgan fingerprint density at radius 3 is 2.29 bits per heavy atom. The summed E-state index contributed by atoms with van der Waals surface area (Å²) in [6.07, 6.45) is 0.428. The van der Waals surface area contributed by atoms with E-state index in [1.54, 1.807) is 6.92 Å². The van der Waals surface area contributed by atoms with E-state index < -0.39 is 29.9 Å². The van der Waals surface area contributed by atoms with Crippen LogP contribution in [0.5, 0.6) is 0 Å². The summed E-state index contributed by atoms with van der Waals surface area (Å²) >= 11 is 0. The highest BCUT2D eigenvalue weighted by molar-refractivity contribution is 8.66. The van der Waals surface area contributed by atoms with Crippen LogP contribution in [0.1, 0.15) is 18.4 Å². The Hall–Kier alpha value is -1.45. The van der Waals surface area contributed by atoms with Gasteiger partial charge in [0.1, 0.15) is 6.04 Å². The lowest BCUT2D eigenvalue weighted by atomic mass is 10.2. The topological polar surface area (TPSA) is 109 Å². The van der Waals surface area contributed by atoms with E-state index in [2.05, 4.69) is 0 Å². The molecular formula is C12H15NO6S2. The second-order valence-corrected chi connectivity index (χ2v) is 10.1. The Bertz CT molecular complexity index is 751. The van der Waals surface area contributed by atoms with Gasteiger partial charge in [0.2, 0.25) is 0 Å². The van der Waals surface area contributed by atoms with Crippen molar-refractivity contribution in [1.29, 1.82) is 0 Å². The molecule has 1 fully saturated rings. The standard InChI is InChI=1S/C12H15NO6S2/c1-9-4-6-10(7-5-9)20(16,17)21(18,19)13-8-2-3-11(13)12(14)15/h4-7,11H,2-3,8H2,1H3,(H,14,15)/t11-/m0/s1. The van der Waals surface area contributed by atoms with Crippen molar-refractivity contribution in [2.75, 3.05) is 6.54 Å². The number of carboxylic acids is 1. The number of nitrogens with zero attached hydrogens (tertiary/aromatic N) is 1. The van der Waals surface area contributed by atoms with Gasteiger partial charge >= 0.3 is 15.0 Å². The predicted octanol–water partition coefficient (Wildman–Crippen LogP) is 0.563. The summed E-state index contributed by atoms with van der Waals surface area (Å²) in [5.41, 5.74) is 0.788. The number of carboxylic acid groups (broad SMARTS) is 1. The number of hydrogen-bond donors (Lipinski definition) is 1. The van der Waals surface area contributed by atoms with E-state index in [1.807, 2.05) is 0 Å². The molecule has 1 heterocycles. The van der Waals surface area contributed by atoms with Crippen LogP contribution in [0.3, 0.4) is 0 Å². The fraction of sp³-hybridized carbons (Fsp3) is 0.417. The first-order valence-corrected chi connectivity index (χ1v) is 9.68. The molecule has 1 aliphatic rings. The molecule has 0 amide bonds. The van der Waals surface area contributed by atoms with Crippen LogP contribution in [0, 0.1) is 6.92 Å². The maximum Gasteiger partial charge on any atom is 0.325 e. The van der Waals surface area contributed by atoms with Crippen molar-refractivity contribution in [3.63, 3.8) is 0 Å². The lowest BCUT2D eigenvalue weighted by molar-refractivity contribution is -0.140. The Morgan fingerprint density at radius 1 is 1.19 bits per heavy atom. The number of aliphatic carboxylic acids is 1. The van der Waals surface area contributed by atoms with Gasteiger partial charge in [-0.3, -0.25) is 4.79 Å². The normalized spacial score (nSPS) is 20.5. The summed E-state index contributed by atoms with van der Waals surface area (Å²) in [7, 11) is -9.44. The molecule has 1 aromatic rings. The second kappa shape index (κ2) is 5.39. The van der Waals surface area contributed by atoms with Crippen molar-refractivity contribution >= 4 is 23.9 Å². The summed E-state index contributed by atoms with van der Waals surface area (Å²) in [4.78, 5) is 10.7. The Labute approximate surface area is 122 Å². The maximum absolute atomic E-state index is 12.3. The van der Waals surface area contributed by atoms with Crippen molar-refractivity contribution in [1.82, 2.24) is 4.31 Å². The van der Waals surface area contributed by atoms with Gasteiger partial charge in [0, 0.05) is 6.54 Å². The monoisotopic (exact) mass is 333 g/mol. The number of rotatable bonds is 4. The van der Waals surface area contributed by atoms with Gasteiger partial charge in [-0.05, 0) is 31.9 Å². The molecule has 0 aliphatic carbocycles. The first-order chi connectivity index (χ1) is 9.68. The minimum atomic E-state index is -4.77. The minimum Gasteiger partial charge on any atom is -0.480 e. The Kier molecular flexibility index (Phi) is 4.09. The van der Waals surface area contributed by atoms with Crippen molar-refractivity contribution in [2.45, 2.75) is 30.7 Å². The van der Waals surface area contributed by atoms with E-state index in [9.17, 15) is 21.6 Å². The summed E-state index contributed by atoms with van der Waals surface area (Å²) in [5.74, 6) is -1.34. The molecule has 21 heavy (non-hydrogen) atoms. The van der Waals surface area contributed by atoms with Crippen LogP contribution in [-0.4, -0.2) is 44.8 Å². The molecule has 1 aromatic carbocycles. The molecular weight excluding hydrogens is 318 g/mol. The zero-order chi connectivity index (χ0) is 15.8. The van der Waals surface area contributed by atoms with Crippen LogP contribution in [0.2, 0.25) is 0 Å². The number of carbonyl (C=O) groups is 1. The highest BCUT2D eigenvalue weighted by atomic mass is 33.2. The summed E-state index contributed by atoms with van der Waals surface area (Å²) in [5, 5.41) is 9.02. The molecule has 0 radical (unpaired) electrons. The molecule has 1 saturated heterocycles. The molecule has 2 rings (SSSR count). The second-order valence-electron chi connectivity index (χ2n) is 4.83. The average Bonchev–Trinajstić information content (AvgIpc) is 2.89. The van der Waals surface area contributed by atoms with Crippen LogP contribution in [0.25, 0.3) is 0 Å². The van der Waals surface area contributed by atoms with Crippen molar-refractivity contribution in [2.24, 2.45) is 0 Å². The highest BCUT2D eigenvalue weighted by Gasteiger charge is 2.46. The minimum absolute atomic E-state index is 0.107. The number of benzene rings is 1. The zero-order valence-corrected chi connectivity index (χ0v) is 12.9. The van der Waals surface area contributed by atoms with Crippen LogP contribution in [-0.2, 0) is 22.7 Å². The number of hydrogen-bond acceptors (Lipinski definition) is 5. The van der Waals surface area contributed by atoms with E-state index in [1.165, 1.54) is 24.3 Å². The molecule has 9 heteroatoms. The lowest BCUT2D eigenvalue weighted by Gasteiger charge is -2.20. The molecule has 1 atom stereocenters. The zero-order valence-electron chi connectivity index (χ0n) is 11.3. The van der Waals surface area contributed by atoms with E-state index in [0.29, 0.717) is 10.7 Å². The summed E-state index contributed by atoms with van der Waals surface area (Å²) in [6, 6.07) is 4.06. The van der Waals surface area contributed by atoms with E-state index >= 15 is 0 Å². The molecule has 1 aliphatic heterocycles. The van der Waals surface area contributed by atoms with Crippen molar-refractivity contribution in [3.05, 3.63) is 29.8 Å². The molecule has 0 bridgehead atoms. The largest absolute Gasteiger partial charge is 0.480 e. The molecule has 116 valence electrons. The van der Waals surface area contributed by atoms with Gasteiger partial charge in [0.25, 0.3) is 8.87 Å². The average molecular weight is 333 g/mol. The van der Waals surface area contributed by atoms with Gasteiger partial charge in [-0.15, -0.1) is 0 Å². The van der Waals surface area contributed by atoms with Gasteiger partial charge in [-0.1, -0.05) is 17.7 Å². The lowest BCUT2D eigenvalue weighted by Crippen LogP contribution is -2.43. The van der Waals surface area contributed by atoms with Crippen LogP contribution >= 0.6 is 0 Å². The SMILES string of the molecule is Cc1ccc(S(=O)(=O)S(=O)(=O)N2CCC[C@H]2C(=O)O)cc1. The molecule has 0 spiro atoms. The first-order valence-electron chi connectivity index (χ1n) is 6.24. The molecule has 7 nitrogen and oxygen atoms in total. The van der Waals surface area contributed by atoms with Gasteiger partial charge in [0.05, 0.1) is 4.90 Å². The highest BCUT2D eigenvalue weighted by Crippen LogP contribution is 2.28. The summed E-state index contributed by atoms with van der Waals surface area (Å²) in [6.45, 7) is 1.64. The maximum atomic E-state index is 12.3. The third kappa shape index (κ3) is 2.68. The van der Waals surface area contributed by atoms with Gasteiger partial charge in [0.15, 0.2) is 0 Å². The van der Waals surface area contributed by atoms with Crippen molar-refractivity contribution < 1.29 is 26.7 Å². The smallest absolute Gasteiger partial charge is 0.325 e. The van der Waals surface area contributed by atoms with Gasteiger partial charge in [-0.25, -0.2) is 8.42 Å². The Morgan fingerprint density at radius 2 is 1.76 bits per heavy atom. The molecule has 0 unspecified atom stereocenters.